The molecule has 0 aromatic heterocycles. The largest absolute Gasteiger partial charge is 0.573 e. The molecule has 1 atom stereocenters. The van der Waals surface area contributed by atoms with Crippen molar-refractivity contribution in [2.24, 2.45) is 5.92 Å². The first-order valence-corrected chi connectivity index (χ1v) is 12.3. The number of hydrogen-bond acceptors (Lipinski definition) is 5. The number of ether oxygens (including phenoxy) is 1. The zero-order chi connectivity index (χ0) is 25.5. The lowest BCUT2D eigenvalue weighted by atomic mass is 9.95. The predicted molar refractivity (Wildman–Crippen MR) is 129 cm³/mol. The van der Waals surface area contributed by atoms with Gasteiger partial charge in [0, 0.05) is 69.5 Å². The van der Waals surface area contributed by atoms with Crippen molar-refractivity contribution >= 4 is 11.6 Å². The van der Waals surface area contributed by atoms with Crippen molar-refractivity contribution in [2.75, 3.05) is 44.2 Å². The SMILES string of the molecule is O=C(NCCN[C@@H]1CCN(Cc2ccccc2)C1)C1CCN(c2ccc(OC(F)(F)F)c(F)c2)CC1. The molecule has 4 rings (SSSR count). The molecule has 0 bridgehead atoms. The molecule has 0 spiro atoms. The molecule has 2 heterocycles. The highest BCUT2D eigenvalue weighted by Crippen LogP contribution is 2.30. The van der Waals surface area contributed by atoms with E-state index in [0.717, 1.165) is 38.2 Å². The van der Waals surface area contributed by atoms with Gasteiger partial charge in [0.25, 0.3) is 0 Å². The van der Waals surface area contributed by atoms with Crippen LogP contribution in [0.3, 0.4) is 0 Å². The Balaban J connectivity index is 1.12. The molecule has 0 radical (unpaired) electrons. The van der Waals surface area contributed by atoms with Crippen LogP contribution in [-0.4, -0.2) is 62.5 Å². The van der Waals surface area contributed by atoms with Crippen LogP contribution >= 0.6 is 0 Å². The molecule has 2 aromatic carbocycles. The molecule has 36 heavy (non-hydrogen) atoms. The number of hydrogen-bond donors (Lipinski definition) is 2. The monoisotopic (exact) mass is 508 g/mol. The first-order chi connectivity index (χ1) is 17.3. The number of likely N-dealkylation sites (tertiary alicyclic amines) is 1. The Morgan fingerprint density at radius 3 is 2.44 bits per heavy atom. The van der Waals surface area contributed by atoms with Gasteiger partial charge in [-0.2, -0.15) is 0 Å². The molecule has 1 amide bonds. The van der Waals surface area contributed by atoms with Crippen molar-refractivity contribution in [1.82, 2.24) is 15.5 Å². The first-order valence-electron chi connectivity index (χ1n) is 12.3. The van der Waals surface area contributed by atoms with Crippen molar-refractivity contribution in [3.63, 3.8) is 0 Å². The number of rotatable bonds is 9. The zero-order valence-electron chi connectivity index (χ0n) is 20.1. The number of nitrogens with zero attached hydrogens (tertiary/aromatic N) is 2. The maximum atomic E-state index is 14.0. The van der Waals surface area contributed by atoms with Crippen LogP contribution in [0, 0.1) is 11.7 Å². The second kappa shape index (κ2) is 11.9. The van der Waals surface area contributed by atoms with Crippen molar-refractivity contribution in [1.29, 1.82) is 0 Å². The highest BCUT2D eigenvalue weighted by Gasteiger charge is 2.33. The summed E-state index contributed by atoms with van der Waals surface area (Å²) in [6, 6.07) is 14.3. The Kier molecular flexibility index (Phi) is 8.68. The lowest BCUT2D eigenvalue weighted by molar-refractivity contribution is -0.275. The summed E-state index contributed by atoms with van der Waals surface area (Å²) in [6.45, 7) is 5.31. The zero-order valence-corrected chi connectivity index (χ0v) is 20.1. The van der Waals surface area contributed by atoms with Crippen molar-refractivity contribution in [2.45, 2.75) is 38.2 Å². The van der Waals surface area contributed by atoms with Crippen molar-refractivity contribution in [3.8, 4) is 5.75 Å². The van der Waals surface area contributed by atoms with E-state index in [1.807, 2.05) is 11.0 Å². The Morgan fingerprint density at radius 1 is 1.00 bits per heavy atom. The average Bonchev–Trinajstić information content (AvgIpc) is 3.30. The summed E-state index contributed by atoms with van der Waals surface area (Å²) in [5, 5.41) is 6.53. The number of alkyl halides is 3. The van der Waals surface area contributed by atoms with E-state index in [-0.39, 0.29) is 11.8 Å². The molecule has 2 aliphatic rings. The molecule has 2 N–H and O–H groups in total. The van der Waals surface area contributed by atoms with Crippen molar-refractivity contribution in [3.05, 3.63) is 59.9 Å². The number of piperidine rings is 1. The minimum absolute atomic E-state index is 0.00804. The molecule has 0 saturated carbocycles. The second-order valence-electron chi connectivity index (χ2n) is 9.38. The molecule has 0 aliphatic carbocycles. The Labute approximate surface area is 208 Å². The summed E-state index contributed by atoms with van der Waals surface area (Å²) in [5.74, 6) is -2.04. The quantitative estimate of drug-likeness (QED) is 0.397. The Bertz CT molecular complexity index is 997. The number of halogens is 4. The van der Waals surface area contributed by atoms with E-state index in [2.05, 4.69) is 44.5 Å². The normalized spacial score (nSPS) is 19.4. The van der Waals surface area contributed by atoms with E-state index in [1.165, 1.54) is 11.6 Å². The van der Waals surface area contributed by atoms with Crippen LogP contribution in [0.15, 0.2) is 48.5 Å². The van der Waals surface area contributed by atoms with E-state index < -0.39 is 17.9 Å². The van der Waals surface area contributed by atoms with Gasteiger partial charge in [-0.25, -0.2) is 4.39 Å². The molecule has 196 valence electrons. The number of carbonyl (C=O) groups excluding carboxylic acids is 1. The Hall–Kier alpha value is -2.85. The summed E-state index contributed by atoms with van der Waals surface area (Å²) >= 11 is 0. The first kappa shape index (κ1) is 26.2. The molecular formula is C26H32F4N4O2. The van der Waals surface area contributed by atoms with E-state index in [4.69, 9.17) is 0 Å². The molecule has 2 fully saturated rings. The third-order valence-corrected chi connectivity index (χ3v) is 6.75. The minimum Gasteiger partial charge on any atom is -0.403 e. The Morgan fingerprint density at radius 2 is 1.75 bits per heavy atom. The van der Waals surface area contributed by atoms with Gasteiger partial charge in [0.15, 0.2) is 11.6 Å². The smallest absolute Gasteiger partial charge is 0.403 e. The standard InChI is InChI=1S/C26H32F4N4O2/c27-23-16-22(6-7-24(23)36-26(28,29)30)34-14-8-20(9-15-34)25(35)32-12-11-31-21-10-13-33(18-21)17-19-4-2-1-3-5-19/h1-7,16,20-21,31H,8-15,17-18H2,(H,32,35)/t21-/m1/s1. The fraction of sp³-hybridized carbons (Fsp3) is 0.500. The molecular weight excluding hydrogens is 476 g/mol. The van der Waals surface area contributed by atoms with Gasteiger partial charge in [0.1, 0.15) is 0 Å². The number of nitrogens with one attached hydrogen (secondary N) is 2. The van der Waals surface area contributed by atoms with Gasteiger partial charge in [0.05, 0.1) is 0 Å². The van der Waals surface area contributed by atoms with Gasteiger partial charge < -0.3 is 20.3 Å². The molecule has 0 unspecified atom stereocenters. The van der Waals surface area contributed by atoms with Gasteiger partial charge in [-0.15, -0.1) is 13.2 Å². The molecule has 10 heteroatoms. The van der Waals surface area contributed by atoms with Gasteiger partial charge in [0.2, 0.25) is 5.91 Å². The summed E-state index contributed by atoms with van der Waals surface area (Å²) in [4.78, 5) is 16.9. The van der Waals surface area contributed by atoms with Crippen LogP contribution in [0.2, 0.25) is 0 Å². The van der Waals surface area contributed by atoms with E-state index >= 15 is 0 Å². The number of amides is 1. The predicted octanol–water partition coefficient (Wildman–Crippen LogP) is 3.92. The van der Waals surface area contributed by atoms with Gasteiger partial charge >= 0.3 is 6.36 Å². The van der Waals surface area contributed by atoms with E-state index in [1.54, 1.807) is 0 Å². The van der Waals surface area contributed by atoms with E-state index in [9.17, 15) is 22.4 Å². The maximum absolute atomic E-state index is 14.0. The summed E-state index contributed by atoms with van der Waals surface area (Å²) in [6.07, 6.45) is -2.66. The van der Waals surface area contributed by atoms with Crippen LogP contribution in [0.1, 0.15) is 24.8 Å². The van der Waals surface area contributed by atoms with Crippen LogP contribution in [0.25, 0.3) is 0 Å². The summed E-state index contributed by atoms with van der Waals surface area (Å²) < 4.78 is 54.7. The maximum Gasteiger partial charge on any atom is 0.573 e. The molecule has 2 aromatic rings. The lowest BCUT2D eigenvalue weighted by Gasteiger charge is -2.33. The fourth-order valence-corrected chi connectivity index (χ4v) is 4.88. The molecule has 6 nitrogen and oxygen atoms in total. The van der Waals surface area contributed by atoms with Gasteiger partial charge in [-0.3, -0.25) is 9.69 Å². The molecule has 2 aliphatic heterocycles. The lowest BCUT2D eigenvalue weighted by Crippen LogP contribution is -2.43. The highest BCUT2D eigenvalue weighted by molar-refractivity contribution is 5.79. The molecule has 2 saturated heterocycles. The number of benzene rings is 2. The van der Waals surface area contributed by atoms with Crippen LogP contribution in [-0.2, 0) is 11.3 Å². The fourth-order valence-electron chi connectivity index (χ4n) is 4.88. The minimum atomic E-state index is -4.94. The second-order valence-corrected chi connectivity index (χ2v) is 9.38. The topological polar surface area (TPSA) is 56.8 Å². The third kappa shape index (κ3) is 7.57. The third-order valence-electron chi connectivity index (χ3n) is 6.75. The van der Waals surface area contributed by atoms with Gasteiger partial charge in [-0.05, 0) is 37.0 Å². The van der Waals surface area contributed by atoms with E-state index in [0.29, 0.717) is 50.7 Å². The van der Waals surface area contributed by atoms with Crippen LogP contribution in [0.4, 0.5) is 23.2 Å². The van der Waals surface area contributed by atoms with Crippen LogP contribution < -0.4 is 20.3 Å². The van der Waals surface area contributed by atoms with Gasteiger partial charge in [-0.1, -0.05) is 30.3 Å². The summed E-state index contributed by atoms with van der Waals surface area (Å²) in [5.41, 5.74) is 1.79. The average molecular weight is 509 g/mol. The summed E-state index contributed by atoms with van der Waals surface area (Å²) in [7, 11) is 0. The van der Waals surface area contributed by atoms with Crippen LogP contribution in [0.5, 0.6) is 5.75 Å². The highest BCUT2D eigenvalue weighted by atomic mass is 19.4. The number of anilines is 1. The van der Waals surface area contributed by atoms with Crippen molar-refractivity contribution < 1.29 is 27.1 Å². The number of carbonyl (C=O) groups is 1.